The molecule has 2 N–H and O–H groups in total. The van der Waals surface area contributed by atoms with Crippen molar-refractivity contribution in [3.05, 3.63) is 47.8 Å². The van der Waals surface area contributed by atoms with Gasteiger partial charge in [0.2, 0.25) is 0 Å². The van der Waals surface area contributed by atoms with Crippen LogP contribution in [-0.4, -0.2) is 16.9 Å². The number of amides is 1. The Bertz CT molecular complexity index is 857. The number of aromatic amines is 1. The molecule has 3 aliphatic rings. The molecule has 4 atom stereocenters. The van der Waals surface area contributed by atoms with E-state index in [2.05, 4.69) is 31.1 Å². The van der Waals surface area contributed by atoms with Crippen molar-refractivity contribution in [3.8, 4) is 11.1 Å². The van der Waals surface area contributed by atoms with Gasteiger partial charge in [-0.25, -0.2) is 8.78 Å². The molecular weight excluding hydrogens is 334 g/mol. The molecule has 0 radical (unpaired) electrons. The first-order valence-electron chi connectivity index (χ1n) is 9.22. The van der Waals surface area contributed by atoms with Crippen molar-refractivity contribution in [1.82, 2.24) is 10.3 Å². The van der Waals surface area contributed by atoms with Crippen LogP contribution in [0.15, 0.2) is 30.5 Å². The van der Waals surface area contributed by atoms with E-state index < -0.39 is 11.6 Å². The Hall–Kier alpha value is -2.17. The van der Waals surface area contributed by atoms with Gasteiger partial charge in [0.05, 0.1) is 0 Å². The van der Waals surface area contributed by atoms with E-state index in [9.17, 15) is 13.6 Å². The summed E-state index contributed by atoms with van der Waals surface area (Å²) in [7, 11) is 0. The summed E-state index contributed by atoms with van der Waals surface area (Å²) in [5.41, 5.74) is 1.58. The average molecular weight is 358 g/mol. The van der Waals surface area contributed by atoms with Crippen molar-refractivity contribution in [3.63, 3.8) is 0 Å². The maximum atomic E-state index is 13.9. The Labute approximate surface area is 152 Å². The number of carbonyl (C=O) groups is 1. The molecule has 2 bridgehead atoms. The topological polar surface area (TPSA) is 44.9 Å². The van der Waals surface area contributed by atoms with Crippen LogP contribution >= 0.6 is 0 Å². The van der Waals surface area contributed by atoms with Gasteiger partial charge in [0.25, 0.3) is 5.91 Å². The molecule has 3 fully saturated rings. The normalized spacial score (nSPS) is 29.1. The van der Waals surface area contributed by atoms with E-state index in [4.69, 9.17) is 0 Å². The summed E-state index contributed by atoms with van der Waals surface area (Å²) in [5.74, 6) is 0.338. The molecule has 1 aromatic heterocycles. The Kier molecular flexibility index (Phi) is 3.94. The highest BCUT2D eigenvalue weighted by molar-refractivity contribution is 5.94. The zero-order valence-electron chi connectivity index (χ0n) is 15.3. The number of rotatable bonds is 3. The van der Waals surface area contributed by atoms with Crippen LogP contribution in [0.25, 0.3) is 11.1 Å². The highest BCUT2D eigenvalue weighted by Gasteiger charge is 2.56. The minimum atomic E-state index is -0.640. The zero-order chi connectivity index (χ0) is 18.6. The van der Waals surface area contributed by atoms with E-state index in [0.717, 1.165) is 12.5 Å². The quantitative estimate of drug-likeness (QED) is 0.816. The largest absolute Gasteiger partial charge is 0.357 e. The molecule has 1 aromatic carbocycles. The number of nitrogens with one attached hydrogen (secondary N) is 2. The Morgan fingerprint density at radius 2 is 2.00 bits per heavy atom. The summed E-state index contributed by atoms with van der Waals surface area (Å²) in [6, 6.07) is 5.23. The first-order valence-corrected chi connectivity index (χ1v) is 9.22. The van der Waals surface area contributed by atoms with Crippen molar-refractivity contribution in [1.29, 1.82) is 0 Å². The Morgan fingerprint density at radius 1 is 1.23 bits per heavy atom. The third kappa shape index (κ3) is 2.65. The van der Waals surface area contributed by atoms with E-state index in [1.807, 2.05) is 0 Å². The lowest BCUT2D eigenvalue weighted by atomic mass is 9.45. The first-order chi connectivity index (χ1) is 12.3. The number of fused-ring (bicyclic) bond motifs is 2. The number of aromatic nitrogens is 1. The Balaban J connectivity index is 1.48. The van der Waals surface area contributed by atoms with Crippen LogP contribution in [-0.2, 0) is 0 Å². The molecule has 5 rings (SSSR count). The van der Waals surface area contributed by atoms with Gasteiger partial charge in [0.1, 0.15) is 17.3 Å². The lowest BCUT2D eigenvalue weighted by Crippen LogP contribution is -2.60. The van der Waals surface area contributed by atoms with Gasteiger partial charge in [0.15, 0.2) is 0 Å². The zero-order valence-corrected chi connectivity index (χ0v) is 15.3. The van der Waals surface area contributed by atoms with Crippen molar-refractivity contribution in [2.75, 3.05) is 0 Å². The summed E-state index contributed by atoms with van der Waals surface area (Å²) in [4.78, 5) is 15.5. The summed E-state index contributed by atoms with van der Waals surface area (Å²) in [6.45, 7) is 6.88. The fraction of sp³-hybridized carbons (Fsp3) is 0.476. The first kappa shape index (κ1) is 17.3. The van der Waals surface area contributed by atoms with Crippen LogP contribution in [0.1, 0.15) is 44.1 Å². The van der Waals surface area contributed by atoms with Crippen LogP contribution in [0, 0.1) is 34.8 Å². The third-order valence-corrected chi connectivity index (χ3v) is 6.84. The summed E-state index contributed by atoms with van der Waals surface area (Å²) < 4.78 is 27.0. The second kappa shape index (κ2) is 5.93. The minimum absolute atomic E-state index is 0.172. The molecule has 0 aliphatic heterocycles. The molecule has 0 spiro atoms. The minimum Gasteiger partial charge on any atom is -0.357 e. The second-order valence-electron chi connectivity index (χ2n) is 8.46. The molecule has 0 saturated heterocycles. The third-order valence-electron chi connectivity index (χ3n) is 6.84. The van der Waals surface area contributed by atoms with Gasteiger partial charge in [-0.2, -0.15) is 0 Å². The van der Waals surface area contributed by atoms with Crippen molar-refractivity contribution in [2.24, 2.45) is 23.2 Å². The number of H-pyrrole nitrogens is 1. The number of benzene rings is 1. The predicted octanol–water partition coefficient (Wildman–Crippen LogP) is 4.76. The lowest BCUT2D eigenvalue weighted by Gasteiger charge is -2.62. The standard InChI is InChI=1S/C21H24F2N2O/c1-11-16-7-13(21(16,2)3)8-18(11)25-20(26)19-6-12(10-24-19)15-5-4-14(22)9-17(15)23/h4-6,9-11,13,16,18,24H,7-8H2,1-3H3,(H,25,26)/t11-,13+,16-,18-/m0/s1. The van der Waals surface area contributed by atoms with Crippen LogP contribution in [0.4, 0.5) is 8.78 Å². The molecule has 3 nitrogen and oxygen atoms in total. The van der Waals surface area contributed by atoms with E-state index in [1.54, 1.807) is 12.3 Å². The average Bonchev–Trinajstić information content (AvgIpc) is 3.06. The van der Waals surface area contributed by atoms with E-state index in [0.29, 0.717) is 34.4 Å². The molecule has 5 heteroatoms. The fourth-order valence-corrected chi connectivity index (χ4v) is 4.99. The molecule has 3 aliphatic carbocycles. The number of hydrogen-bond donors (Lipinski definition) is 2. The molecule has 26 heavy (non-hydrogen) atoms. The Morgan fingerprint density at radius 3 is 2.65 bits per heavy atom. The summed E-state index contributed by atoms with van der Waals surface area (Å²) in [5, 5.41) is 3.15. The van der Waals surface area contributed by atoms with E-state index in [1.165, 1.54) is 18.6 Å². The van der Waals surface area contributed by atoms with Crippen LogP contribution in [0.3, 0.4) is 0 Å². The van der Waals surface area contributed by atoms with Crippen LogP contribution < -0.4 is 5.32 Å². The van der Waals surface area contributed by atoms with Gasteiger partial charge in [-0.15, -0.1) is 0 Å². The highest BCUT2D eigenvalue weighted by atomic mass is 19.1. The fourth-order valence-electron chi connectivity index (χ4n) is 4.99. The molecule has 138 valence electrons. The highest BCUT2D eigenvalue weighted by Crippen LogP contribution is 2.61. The van der Waals surface area contributed by atoms with Crippen molar-refractivity contribution < 1.29 is 13.6 Å². The van der Waals surface area contributed by atoms with Crippen LogP contribution in [0.5, 0.6) is 0 Å². The van der Waals surface area contributed by atoms with Gasteiger partial charge < -0.3 is 10.3 Å². The second-order valence-corrected chi connectivity index (χ2v) is 8.46. The number of halogens is 2. The smallest absolute Gasteiger partial charge is 0.267 e. The number of carbonyl (C=O) groups excluding carboxylic acids is 1. The molecule has 3 saturated carbocycles. The van der Waals surface area contributed by atoms with Crippen molar-refractivity contribution >= 4 is 5.91 Å². The summed E-state index contributed by atoms with van der Waals surface area (Å²) in [6.07, 6.45) is 3.85. The van der Waals surface area contributed by atoms with E-state index in [-0.39, 0.29) is 17.5 Å². The predicted molar refractivity (Wildman–Crippen MR) is 96.6 cm³/mol. The van der Waals surface area contributed by atoms with Gasteiger partial charge in [0, 0.05) is 29.4 Å². The van der Waals surface area contributed by atoms with Gasteiger partial charge in [-0.3, -0.25) is 4.79 Å². The van der Waals surface area contributed by atoms with Crippen molar-refractivity contribution in [2.45, 2.75) is 39.7 Å². The molecule has 2 aromatic rings. The van der Waals surface area contributed by atoms with E-state index >= 15 is 0 Å². The molecule has 1 amide bonds. The molecule has 0 unspecified atom stereocenters. The van der Waals surface area contributed by atoms with Gasteiger partial charge in [-0.1, -0.05) is 20.8 Å². The SMILES string of the molecule is C[C@@H]1[C@@H](NC(=O)c2cc(-c3ccc(F)cc3F)c[nH]2)C[C@H]2C[C@@H]1C2(C)C. The van der Waals surface area contributed by atoms with Gasteiger partial charge in [-0.05, 0) is 54.2 Å². The molecule has 1 heterocycles. The maximum absolute atomic E-state index is 13.9. The maximum Gasteiger partial charge on any atom is 0.267 e. The van der Waals surface area contributed by atoms with Crippen LogP contribution in [0.2, 0.25) is 0 Å². The summed E-state index contributed by atoms with van der Waals surface area (Å²) >= 11 is 0. The van der Waals surface area contributed by atoms with Gasteiger partial charge >= 0.3 is 0 Å². The monoisotopic (exact) mass is 358 g/mol. The molecular formula is C21H24F2N2O. The number of hydrogen-bond acceptors (Lipinski definition) is 1. The lowest BCUT2D eigenvalue weighted by molar-refractivity contribution is -0.113.